The standard InChI is InChI=1S/C10H6Cl2N2O2/c11-7-2-1-5(3-8(7)12)6-4-9(15)13-14-10(6)16/h1-4H,(H,13,15)(H,14,16). The van der Waals surface area contributed by atoms with Gasteiger partial charge in [-0.1, -0.05) is 29.3 Å². The Bertz CT molecular complexity index is 646. The van der Waals surface area contributed by atoms with Gasteiger partial charge in [-0.25, -0.2) is 0 Å². The molecule has 0 amide bonds. The highest BCUT2D eigenvalue weighted by atomic mass is 35.5. The minimum absolute atomic E-state index is 0.252. The number of hydrogen-bond donors (Lipinski definition) is 2. The third-order valence-corrected chi connectivity index (χ3v) is 2.79. The van der Waals surface area contributed by atoms with E-state index >= 15 is 0 Å². The maximum atomic E-state index is 11.5. The smallest absolute Gasteiger partial charge is 0.268 e. The van der Waals surface area contributed by atoms with Crippen LogP contribution in [0, 0.1) is 0 Å². The maximum Gasteiger partial charge on any atom is 0.270 e. The van der Waals surface area contributed by atoms with Gasteiger partial charge in [-0.3, -0.25) is 19.8 Å². The van der Waals surface area contributed by atoms with E-state index in [9.17, 15) is 9.59 Å². The fraction of sp³-hybridized carbons (Fsp3) is 0. The predicted octanol–water partition coefficient (Wildman–Crippen LogP) is 2.04. The van der Waals surface area contributed by atoms with Crippen molar-refractivity contribution in [2.45, 2.75) is 0 Å². The van der Waals surface area contributed by atoms with Crippen molar-refractivity contribution in [3.63, 3.8) is 0 Å². The number of halogens is 2. The first-order chi connectivity index (χ1) is 7.58. The van der Waals surface area contributed by atoms with Gasteiger partial charge >= 0.3 is 0 Å². The second-order valence-corrected chi connectivity index (χ2v) is 3.94. The van der Waals surface area contributed by atoms with Crippen LogP contribution in [0.5, 0.6) is 0 Å². The van der Waals surface area contributed by atoms with Gasteiger partial charge in [-0.05, 0) is 17.7 Å². The van der Waals surface area contributed by atoms with Crippen molar-refractivity contribution in [1.29, 1.82) is 0 Å². The number of benzene rings is 1. The van der Waals surface area contributed by atoms with Crippen LogP contribution in [0.2, 0.25) is 10.0 Å². The summed E-state index contributed by atoms with van der Waals surface area (Å²) in [7, 11) is 0. The lowest BCUT2D eigenvalue weighted by Gasteiger charge is -2.01. The average molecular weight is 257 g/mol. The van der Waals surface area contributed by atoms with E-state index in [2.05, 4.69) is 10.2 Å². The Balaban J connectivity index is 2.67. The van der Waals surface area contributed by atoms with Crippen LogP contribution in [0.1, 0.15) is 0 Å². The van der Waals surface area contributed by atoms with Crippen molar-refractivity contribution in [3.05, 3.63) is 55.0 Å². The van der Waals surface area contributed by atoms with E-state index in [0.717, 1.165) is 0 Å². The first kappa shape index (κ1) is 11.0. The van der Waals surface area contributed by atoms with Crippen molar-refractivity contribution in [1.82, 2.24) is 10.2 Å². The zero-order valence-corrected chi connectivity index (χ0v) is 9.39. The number of aromatic amines is 2. The summed E-state index contributed by atoms with van der Waals surface area (Å²) in [6.07, 6.45) is 0. The molecule has 0 atom stereocenters. The van der Waals surface area contributed by atoms with E-state index in [1.807, 2.05) is 0 Å². The zero-order chi connectivity index (χ0) is 11.7. The minimum atomic E-state index is -0.391. The molecule has 0 unspecified atom stereocenters. The molecule has 4 nitrogen and oxygen atoms in total. The third kappa shape index (κ3) is 2.03. The molecule has 1 heterocycles. The Morgan fingerprint density at radius 2 is 1.69 bits per heavy atom. The molecule has 0 bridgehead atoms. The van der Waals surface area contributed by atoms with Gasteiger partial charge in [0.25, 0.3) is 11.1 Å². The van der Waals surface area contributed by atoms with Crippen LogP contribution in [0.4, 0.5) is 0 Å². The van der Waals surface area contributed by atoms with E-state index in [0.29, 0.717) is 15.6 Å². The minimum Gasteiger partial charge on any atom is -0.268 e. The van der Waals surface area contributed by atoms with Gasteiger partial charge in [-0.15, -0.1) is 0 Å². The second kappa shape index (κ2) is 4.15. The van der Waals surface area contributed by atoms with Crippen LogP contribution in [0.25, 0.3) is 11.1 Å². The first-order valence-corrected chi connectivity index (χ1v) is 5.11. The fourth-order valence-electron chi connectivity index (χ4n) is 1.30. The Morgan fingerprint density at radius 3 is 2.38 bits per heavy atom. The molecule has 0 spiro atoms. The van der Waals surface area contributed by atoms with Crippen LogP contribution >= 0.6 is 23.2 Å². The van der Waals surface area contributed by atoms with Crippen LogP contribution < -0.4 is 11.1 Å². The largest absolute Gasteiger partial charge is 0.270 e. The van der Waals surface area contributed by atoms with E-state index in [4.69, 9.17) is 23.2 Å². The molecule has 2 N–H and O–H groups in total. The Morgan fingerprint density at radius 1 is 0.938 bits per heavy atom. The van der Waals surface area contributed by atoms with Crippen molar-refractivity contribution in [3.8, 4) is 11.1 Å². The Hall–Kier alpha value is -1.52. The molecule has 0 aliphatic heterocycles. The molecule has 16 heavy (non-hydrogen) atoms. The molecule has 82 valence electrons. The first-order valence-electron chi connectivity index (χ1n) is 4.35. The molecule has 0 saturated heterocycles. The average Bonchev–Trinajstić information content (AvgIpc) is 2.26. The van der Waals surface area contributed by atoms with E-state index in [1.165, 1.54) is 12.1 Å². The van der Waals surface area contributed by atoms with Gasteiger partial charge in [0, 0.05) is 6.07 Å². The van der Waals surface area contributed by atoms with Crippen LogP contribution in [-0.4, -0.2) is 10.2 Å². The SMILES string of the molecule is O=c1cc(-c2ccc(Cl)c(Cl)c2)c(=O)[nH][nH]1. The summed E-state index contributed by atoms with van der Waals surface area (Å²) in [5.74, 6) is 0. The van der Waals surface area contributed by atoms with Crippen molar-refractivity contribution in [2.75, 3.05) is 0 Å². The van der Waals surface area contributed by atoms with Gasteiger partial charge in [0.2, 0.25) is 0 Å². The van der Waals surface area contributed by atoms with Crippen molar-refractivity contribution >= 4 is 23.2 Å². The van der Waals surface area contributed by atoms with Gasteiger partial charge in [0.1, 0.15) is 0 Å². The monoisotopic (exact) mass is 256 g/mol. The summed E-state index contributed by atoms with van der Waals surface area (Å²) >= 11 is 11.6. The van der Waals surface area contributed by atoms with E-state index in [-0.39, 0.29) is 11.1 Å². The lowest BCUT2D eigenvalue weighted by atomic mass is 10.1. The van der Waals surface area contributed by atoms with Gasteiger partial charge in [-0.2, -0.15) is 0 Å². The molecule has 1 aromatic heterocycles. The summed E-state index contributed by atoms with van der Waals surface area (Å²) < 4.78 is 0. The highest BCUT2D eigenvalue weighted by Gasteiger charge is 2.06. The lowest BCUT2D eigenvalue weighted by molar-refractivity contribution is 0.955. The molecule has 6 heteroatoms. The second-order valence-electron chi connectivity index (χ2n) is 3.13. The number of nitrogens with one attached hydrogen (secondary N) is 2. The summed E-state index contributed by atoms with van der Waals surface area (Å²) in [4.78, 5) is 22.5. The lowest BCUT2D eigenvalue weighted by Crippen LogP contribution is -2.19. The highest BCUT2D eigenvalue weighted by Crippen LogP contribution is 2.26. The summed E-state index contributed by atoms with van der Waals surface area (Å²) in [5, 5.41) is 5.14. The third-order valence-electron chi connectivity index (χ3n) is 2.05. The van der Waals surface area contributed by atoms with Crippen molar-refractivity contribution in [2.24, 2.45) is 0 Å². The predicted molar refractivity (Wildman–Crippen MR) is 63.1 cm³/mol. The van der Waals surface area contributed by atoms with E-state index < -0.39 is 5.56 Å². The Labute approximate surface area is 99.8 Å². The summed E-state index contributed by atoms with van der Waals surface area (Å²) in [5.41, 5.74) is 0.0164. The zero-order valence-electron chi connectivity index (χ0n) is 7.88. The topological polar surface area (TPSA) is 65.7 Å². The molecule has 0 aliphatic rings. The molecule has 1 aromatic carbocycles. The Kier molecular flexibility index (Phi) is 2.85. The van der Waals surface area contributed by atoms with Crippen molar-refractivity contribution < 1.29 is 0 Å². The van der Waals surface area contributed by atoms with Gasteiger partial charge in [0.15, 0.2) is 0 Å². The molecule has 0 aliphatic carbocycles. The molecule has 0 radical (unpaired) electrons. The normalized spacial score (nSPS) is 10.4. The summed E-state index contributed by atoms with van der Waals surface area (Å²) in [6, 6.07) is 5.93. The number of hydrogen-bond acceptors (Lipinski definition) is 2. The van der Waals surface area contributed by atoms with Crippen LogP contribution in [-0.2, 0) is 0 Å². The van der Waals surface area contributed by atoms with Gasteiger partial charge < -0.3 is 0 Å². The maximum absolute atomic E-state index is 11.5. The fourth-order valence-corrected chi connectivity index (χ4v) is 1.59. The van der Waals surface area contributed by atoms with Crippen LogP contribution in [0.15, 0.2) is 33.9 Å². The molecule has 2 rings (SSSR count). The molecule has 0 saturated carbocycles. The molecule has 2 aromatic rings. The summed E-state index contributed by atoms with van der Waals surface area (Å²) in [6.45, 7) is 0. The molecular weight excluding hydrogens is 251 g/mol. The molecular formula is C10H6Cl2N2O2. The van der Waals surface area contributed by atoms with Crippen LogP contribution in [0.3, 0.4) is 0 Å². The quantitative estimate of drug-likeness (QED) is 0.820. The van der Waals surface area contributed by atoms with E-state index in [1.54, 1.807) is 12.1 Å². The number of rotatable bonds is 1. The number of H-pyrrole nitrogens is 2. The van der Waals surface area contributed by atoms with Gasteiger partial charge in [0.05, 0.1) is 15.6 Å². The molecule has 0 fully saturated rings. The highest BCUT2D eigenvalue weighted by molar-refractivity contribution is 6.42. The number of aromatic nitrogens is 2.